The fourth-order valence-corrected chi connectivity index (χ4v) is 3.59. The lowest BCUT2D eigenvalue weighted by molar-refractivity contribution is -0.368. The molecule has 0 aliphatic carbocycles. The van der Waals surface area contributed by atoms with Crippen molar-refractivity contribution in [2.75, 3.05) is 18.4 Å². The third kappa shape index (κ3) is 4.38. The number of rotatable bonds is 9. The van der Waals surface area contributed by atoms with Crippen molar-refractivity contribution in [3.8, 4) is 0 Å². The molecule has 0 aliphatic rings. The van der Waals surface area contributed by atoms with Crippen LogP contribution in [0.5, 0.6) is 0 Å². The predicted octanol–water partition coefficient (Wildman–Crippen LogP) is 1.35. The van der Waals surface area contributed by atoms with Gasteiger partial charge < -0.3 is 15.6 Å². The summed E-state index contributed by atoms with van der Waals surface area (Å²) in [4.78, 5) is 30.4. The Kier molecular flexibility index (Phi) is 6.76. The molecular weight excluding hydrogens is 392 g/mol. The summed E-state index contributed by atoms with van der Waals surface area (Å²) in [6.45, 7) is 1.84. The Bertz CT molecular complexity index is 1110. The normalized spacial score (nSPS) is 11.3. The molecule has 0 saturated carbocycles. The van der Waals surface area contributed by atoms with Crippen LogP contribution in [-0.4, -0.2) is 31.8 Å². The Labute approximate surface area is 173 Å². The summed E-state index contributed by atoms with van der Waals surface area (Å²) < 4.78 is 4.33. The number of nitrogens with one attached hydrogen (secondary N) is 1. The van der Waals surface area contributed by atoms with Crippen LogP contribution in [0.4, 0.5) is 5.95 Å². The summed E-state index contributed by atoms with van der Waals surface area (Å²) in [5.41, 5.74) is 4.54. The minimum absolute atomic E-state index is 0.112. The first-order chi connectivity index (χ1) is 14.0. The van der Waals surface area contributed by atoms with E-state index in [9.17, 15) is 9.59 Å². The smallest absolute Gasteiger partial charge is 0.332 e. The van der Waals surface area contributed by atoms with Crippen LogP contribution in [0.3, 0.4) is 0 Å². The number of aromatic nitrogens is 4. The number of benzene rings is 1. The lowest BCUT2D eigenvalue weighted by atomic mass is 10.2. The van der Waals surface area contributed by atoms with Gasteiger partial charge in [0.15, 0.2) is 11.2 Å². The van der Waals surface area contributed by atoms with E-state index in [1.54, 1.807) is 24.7 Å². The Morgan fingerprint density at radius 1 is 1.07 bits per heavy atom. The van der Waals surface area contributed by atoms with Crippen LogP contribution in [0.25, 0.3) is 11.2 Å². The molecule has 4 N–H and O–H groups in total. The zero-order chi connectivity index (χ0) is 21.0. The first kappa shape index (κ1) is 21.1. The van der Waals surface area contributed by atoms with Crippen LogP contribution < -0.4 is 22.3 Å². The van der Waals surface area contributed by atoms with Crippen LogP contribution in [0, 0.1) is 0 Å². The molecule has 0 atom stereocenters. The van der Waals surface area contributed by atoms with E-state index in [0.29, 0.717) is 22.1 Å². The van der Waals surface area contributed by atoms with Crippen LogP contribution in [0.1, 0.15) is 31.2 Å². The van der Waals surface area contributed by atoms with Gasteiger partial charge in [-0.3, -0.25) is 13.9 Å². The summed E-state index contributed by atoms with van der Waals surface area (Å²) in [5.74, 6) is 0.583. The van der Waals surface area contributed by atoms with Gasteiger partial charge >= 0.3 is 5.69 Å². The molecule has 1 aromatic carbocycles. The lowest BCUT2D eigenvalue weighted by Crippen LogP contribution is -2.50. The van der Waals surface area contributed by atoms with Gasteiger partial charge in [-0.25, -0.2) is 4.79 Å². The zero-order valence-electron chi connectivity index (χ0n) is 16.9. The van der Waals surface area contributed by atoms with Crippen molar-refractivity contribution in [3.05, 3.63) is 55.7 Å². The molecule has 0 aliphatic heterocycles. The molecule has 0 amide bonds. The minimum atomic E-state index is -0.416. The highest BCUT2D eigenvalue weighted by Gasteiger charge is 2.19. The van der Waals surface area contributed by atoms with Crippen LogP contribution >= 0.6 is 11.6 Å². The molecule has 2 aromatic heterocycles. The van der Waals surface area contributed by atoms with E-state index in [1.165, 1.54) is 9.13 Å². The van der Waals surface area contributed by atoms with E-state index in [0.717, 1.165) is 44.3 Å². The number of anilines is 1. The Hall–Kier alpha value is -2.58. The second-order valence-electron chi connectivity index (χ2n) is 7.19. The van der Waals surface area contributed by atoms with Crippen LogP contribution in [-0.2, 0) is 20.6 Å². The molecule has 0 bridgehead atoms. The molecular formula is C20H28ClN6O2+. The number of nitrogens with zero attached hydrogens (tertiary/aromatic N) is 4. The van der Waals surface area contributed by atoms with E-state index < -0.39 is 5.69 Å². The minimum Gasteiger partial charge on any atom is -0.358 e. The second kappa shape index (κ2) is 9.28. The van der Waals surface area contributed by atoms with Gasteiger partial charge in [0.25, 0.3) is 5.56 Å². The van der Waals surface area contributed by atoms with Crippen molar-refractivity contribution >= 4 is 28.7 Å². The highest BCUT2D eigenvalue weighted by Crippen LogP contribution is 2.17. The first-order valence-corrected chi connectivity index (χ1v) is 10.3. The maximum absolute atomic E-state index is 13.1. The molecule has 8 nitrogen and oxygen atoms in total. The monoisotopic (exact) mass is 419 g/mol. The van der Waals surface area contributed by atoms with Crippen molar-refractivity contribution in [2.24, 2.45) is 14.1 Å². The van der Waals surface area contributed by atoms with E-state index in [4.69, 9.17) is 11.6 Å². The molecule has 0 radical (unpaired) electrons. The number of quaternary nitrogens is 1. The Morgan fingerprint density at radius 2 is 1.79 bits per heavy atom. The average Bonchev–Trinajstić information content (AvgIpc) is 3.04. The van der Waals surface area contributed by atoms with Crippen LogP contribution in [0.15, 0.2) is 33.9 Å². The molecule has 0 unspecified atom stereocenters. The maximum Gasteiger partial charge on any atom is 0.332 e. The third-order valence-corrected chi connectivity index (χ3v) is 5.47. The highest BCUT2D eigenvalue weighted by atomic mass is 35.5. The number of unbranched alkanes of at least 4 members (excludes halogenated alkanes) is 3. The van der Waals surface area contributed by atoms with Gasteiger partial charge in [0.1, 0.15) is 0 Å². The summed E-state index contributed by atoms with van der Waals surface area (Å²) >= 11 is 6.22. The van der Waals surface area contributed by atoms with Crippen molar-refractivity contribution in [2.45, 2.75) is 32.2 Å². The molecule has 2 heterocycles. The average molecular weight is 420 g/mol. The van der Waals surface area contributed by atoms with Crippen molar-refractivity contribution in [3.63, 3.8) is 0 Å². The molecule has 29 heavy (non-hydrogen) atoms. The second-order valence-corrected chi connectivity index (χ2v) is 7.59. The van der Waals surface area contributed by atoms with Gasteiger partial charge in [0.2, 0.25) is 5.95 Å². The van der Waals surface area contributed by atoms with Crippen LogP contribution in [0.2, 0.25) is 5.02 Å². The molecule has 0 spiro atoms. The zero-order valence-corrected chi connectivity index (χ0v) is 17.7. The molecule has 0 saturated heterocycles. The van der Waals surface area contributed by atoms with Crippen molar-refractivity contribution in [1.29, 1.82) is 0 Å². The van der Waals surface area contributed by atoms with Gasteiger partial charge in [-0.15, -0.1) is 0 Å². The maximum atomic E-state index is 13.1. The molecule has 3 rings (SSSR count). The fourth-order valence-electron chi connectivity index (χ4n) is 3.39. The van der Waals surface area contributed by atoms with E-state index in [-0.39, 0.29) is 12.1 Å². The largest absolute Gasteiger partial charge is 0.358 e. The third-order valence-electron chi connectivity index (χ3n) is 5.11. The van der Waals surface area contributed by atoms with Crippen molar-refractivity contribution < 1.29 is 5.73 Å². The quantitative estimate of drug-likeness (QED) is 0.511. The Balaban J connectivity index is 1.92. The molecule has 156 valence electrons. The summed E-state index contributed by atoms with van der Waals surface area (Å²) in [6.07, 6.45) is 4.43. The molecule has 9 heteroatoms. The van der Waals surface area contributed by atoms with Gasteiger partial charge in [-0.2, -0.15) is 4.98 Å². The topological polar surface area (TPSA) is 101 Å². The lowest BCUT2D eigenvalue weighted by Gasteiger charge is -2.10. The van der Waals surface area contributed by atoms with E-state index >= 15 is 0 Å². The first-order valence-electron chi connectivity index (χ1n) is 9.88. The Morgan fingerprint density at radius 3 is 2.52 bits per heavy atom. The summed E-state index contributed by atoms with van der Waals surface area (Å²) in [5, 5.41) is 3.80. The van der Waals surface area contributed by atoms with E-state index in [1.807, 2.05) is 18.2 Å². The van der Waals surface area contributed by atoms with Gasteiger partial charge in [0.05, 0.1) is 13.1 Å². The van der Waals surface area contributed by atoms with Crippen molar-refractivity contribution in [1.82, 2.24) is 18.7 Å². The predicted molar refractivity (Wildman–Crippen MR) is 115 cm³/mol. The van der Waals surface area contributed by atoms with Gasteiger partial charge in [0, 0.05) is 25.7 Å². The van der Waals surface area contributed by atoms with Gasteiger partial charge in [-0.05, 0) is 30.9 Å². The number of aryl methyl sites for hydroxylation is 2. The standard InChI is InChI=1S/C20H27ClN6O2/c1-25-16-17(24-19(25)23-12-8-4-3-7-11-22)26(2)20(29)27(18(16)28)13-14-9-5-6-10-15(14)21/h5-6,9-10H,3-4,7-8,11-13,22H2,1-2H3,(H,23,24)/p+1. The number of hydrogen-bond acceptors (Lipinski definition) is 4. The number of halogens is 1. The number of hydrogen-bond donors (Lipinski definition) is 2. The summed E-state index contributed by atoms with van der Waals surface area (Å²) in [7, 11) is 3.41. The fraction of sp³-hybridized carbons (Fsp3) is 0.450. The highest BCUT2D eigenvalue weighted by molar-refractivity contribution is 6.31. The number of imidazole rings is 1. The number of fused-ring (bicyclic) bond motifs is 1. The molecule has 3 aromatic rings. The summed E-state index contributed by atoms with van der Waals surface area (Å²) in [6, 6.07) is 7.20. The SMILES string of the molecule is Cn1c(NCCCCCC[NH3+])nc2c1c(=O)n(Cc1ccccc1Cl)c(=O)n2C. The molecule has 0 fully saturated rings. The van der Waals surface area contributed by atoms with Gasteiger partial charge in [-0.1, -0.05) is 36.2 Å². The van der Waals surface area contributed by atoms with E-state index in [2.05, 4.69) is 16.0 Å².